The predicted octanol–water partition coefficient (Wildman–Crippen LogP) is -1.74. The molecule has 1 saturated carbocycles. The van der Waals surface area contributed by atoms with E-state index in [2.05, 4.69) is 16.0 Å². The number of carbonyl (C=O) groups excluding carboxylic acids is 1. The number of hydrogen-bond donors (Lipinski definition) is 6. The van der Waals surface area contributed by atoms with Crippen LogP contribution < -0.4 is 16.0 Å². The molecule has 11 nitrogen and oxygen atoms in total. The zero-order valence-corrected chi connectivity index (χ0v) is 20.1. The molecule has 4 aliphatic rings. The smallest absolute Gasteiger partial charge is 0.239 e. The van der Waals surface area contributed by atoms with Crippen LogP contribution >= 0.6 is 0 Å². The summed E-state index contributed by atoms with van der Waals surface area (Å²) in [5.74, 6) is -2.28. The molecule has 35 heavy (non-hydrogen) atoms. The summed E-state index contributed by atoms with van der Waals surface area (Å²) in [5.41, 5.74) is 3.06. The molecule has 1 aromatic carbocycles. The Morgan fingerprint density at radius 1 is 1.06 bits per heavy atom. The Morgan fingerprint density at radius 2 is 1.80 bits per heavy atom. The first-order valence-corrected chi connectivity index (χ1v) is 12.1. The van der Waals surface area contributed by atoms with Crippen molar-refractivity contribution in [2.75, 3.05) is 14.1 Å². The van der Waals surface area contributed by atoms with Crippen LogP contribution in [0.3, 0.4) is 0 Å². The Morgan fingerprint density at radius 3 is 2.54 bits per heavy atom. The highest BCUT2D eigenvalue weighted by molar-refractivity contribution is 5.79. The second kappa shape index (κ2) is 9.66. The molecule has 0 radical (unpaired) electrons. The van der Waals surface area contributed by atoms with E-state index < -0.39 is 54.6 Å². The third-order valence-electron chi connectivity index (χ3n) is 7.64. The first-order valence-electron chi connectivity index (χ1n) is 12.1. The normalized spacial score (nSPS) is 42.6. The van der Waals surface area contributed by atoms with Crippen LogP contribution in [-0.4, -0.2) is 96.0 Å². The Labute approximate surface area is 204 Å². The number of benzene rings is 1. The first-order chi connectivity index (χ1) is 16.7. The van der Waals surface area contributed by atoms with Gasteiger partial charge in [-0.1, -0.05) is 18.2 Å². The van der Waals surface area contributed by atoms with Crippen molar-refractivity contribution < 1.29 is 39.1 Å². The molecule has 2 saturated heterocycles. The molecule has 1 amide bonds. The van der Waals surface area contributed by atoms with Crippen molar-refractivity contribution in [2.24, 2.45) is 0 Å². The lowest BCUT2D eigenvalue weighted by Gasteiger charge is -2.58. The number of hydrogen-bond acceptors (Lipinski definition) is 10. The third kappa shape index (κ3) is 4.39. The van der Waals surface area contributed by atoms with E-state index in [-0.39, 0.29) is 18.4 Å². The minimum atomic E-state index is -2.00. The van der Waals surface area contributed by atoms with Crippen LogP contribution in [0, 0.1) is 0 Å². The number of aliphatic hydroxyl groups excluding tert-OH is 2. The van der Waals surface area contributed by atoms with E-state index in [9.17, 15) is 20.1 Å². The summed E-state index contributed by atoms with van der Waals surface area (Å²) in [5, 5.41) is 42.1. The fourth-order valence-electron chi connectivity index (χ4n) is 5.78. The van der Waals surface area contributed by atoms with Crippen LogP contribution in [0.25, 0.3) is 0 Å². The van der Waals surface area contributed by atoms with Crippen molar-refractivity contribution >= 4 is 5.91 Å². The minimum absolute atomic E-state index is 0.132. The zero-order valence-electron chi connectivity index (χ0n) is 20.1. The van der Waals surface area contributed by atoms with Gasteiger partial charge in [0.2, 0.25) is 18.0 Å². The number of rotatable bonds is 5. The summed E-state index contributed by atoms with van der Waals surface area (Å²) in [6.07, 6.45) is -5.00. The molecule has 3 fully saturated rings. The van der Waals surface area contributed by atoms with Gasteiger partial charge in [0, 0.05) is 0 Å². The van der Waals surface area contributed by atoms with Gasteiger partial charge in [-0.3, -0.25) is 4.79 Å². The molecule has 3 heterocycles. The van der Waals surface area contributed by atoms with E-state index in [4.69, 9.17) is 18.9 Å². The van der Waals surface area contributed by atoms with Crippen molar-refractivity contribution in [1.82, 2.24) is 16.0 Å². The van der Waals surface area contributed by atoms with Crippen molar-refractivity contribution in [1.29, 1.82) is 0 Å². The number of carbonyl (C=O) groups is 1. The van der Waals surface area contributed by atoms with Crippen LogP contribution in [0.4, 0.5) is 0 Å². The summed E-state index contributed by atoms with van der Waals surface area (Å²) in [4.78, 5) is 13.0. The van der Waals surface area contributed by atoms with Crippen LogP contribution in [0.15, 0.2) is 18.2 Å². The summed E-state index contributed by atoms with van der Waals surface area (Å²) in [7, 11) is 3.30. The van der Waals surface area contributed by atoms with E-state index in [1.807, 2.05) is 25.1 Å². The number of nitrogens with one attached hydrogen (secondary N) is 3. The van der Waals surface area contributed by atoms with Gasteiger partial charge in [0.1, 0.15) is 18.3 Å². The largest absolute Gasteiger partial charge is 0.390 e. The Kier molecular flexibility index (Phi) is 6.90. The molecule has 194 valence electrons. The summed E-state index contributed by atoms with van der Waals surface area (Å²) in [6, 6.07) is 3.71. The molecule has 5 rings (SSSR count). The molecule has 3 unspecified atom stereocenters. The maximum absolute atomic E-state index is 13.0. The molecule has 1 aromatic rings. The molecule has 0 bridgehead atoms. The van der Waals surface area contributed by atoms with E-state index >= 15 is 0 Å². The quantitative estimate of drug-likeness (QED) is 0.279. The summed E-state index contributed by atoms with van der Waals surface area (Å²) < 4.78 is 23.5. The molecule has 11 heteroatoms. The molecule has 6 N–H and O–H groups in total. The summed E-state index contributed by atoms with van der Waals surface area (Å²) >= 11 is 0. The van der Waals surface area contributed by atoms with Crippen molar-refractivity contribution in [3.05, 3.63) is 34.9 Å². The molecular weight excluding hydrogens is 458 g/mol. The van der Waals surface area contributed by atoms with Gasteiger partial charge < -0.3 is 50.2 Å². The number of fused-ring (bicyclic) bond motifs is 3. The lowest BCUT2D eigenvalue weighted by Crippen LogP contribution is -2.79. The maximum atomic E-state index is 13.0. The SMILES string of the molecule is CN[C@@H]1[C@H](O)[C@H](NC)C2O[C@]3(O)C(OC2[C@@H]1O)O[C@H](C)C[C@H]3NC(=O)Cc1ccc2c(c1)COC2. The third-order valence-corrected chi connectivity index (χ3v) is 7.64. The first kappa shape index (κ1) is 25.0. The molecule has 3 aliphatic heterocycles. The number of likely N-dealkylation sites (N-methyl/N-ethyl adjacent to an activating group) is 2. The highest BCUT2D eigenvalue weighted by Gasteiger charge is 2.63. The van der Waals surface area contributed by atoms with Gasteiger partial charge in [-0.15, -0.1) is 0 Å². The van der Waals surface area contributed by atoms with Gasteiger partial charge in [-0.05, 0) is 44.1 Å². The van der Waals surface area contributed by atoms with Crippen LogP contribution in [-0.2, 0) is 43.4 Å². The summed E-state index contributed by atoms with van der Waals surface area (Å²) in [6.45, 7) is 2.94. The molecule has 0 aromatic heterocycles. The molecule has 1 aliphatic carbocycles. The van der Waals surface area contributed by atoms with Crippen LogP contribution in [0.5, 0.6) is 0 Å². The lowest BCUT2D eigenvalue weighted by atomic mass is 9.79. The van der Waals surface area contributed by atoms with Crippen LogP contribution in [0.1, 0.15) is 30.0 Å². The topological polar surface area (TPSA) is 151 Å². The van der Waals surface area contributed by atoms with Crippen molar-refractivity contribution in [3.8, 4) is 0 Å². The Bertz CT molecular complexity index is 949. The molecule has 0 spiro atoms. The highest BCUT2D eigenvalue weighted by atomic mass is 16.8. The standard InChI is InChI=1S/C24H35N3O8/c1-11-6-15(27-16(28)8-12-4-5-13-9-32-10-14(13)7-12)24(31)23(33-11)34-22-20(30)17(25-2)19(29)18(26-3)21(22)35-24/h4-5,7,11,15,17-23,25-26,29-31H,6,8-10H2,1-3H3,(H,27,28)/t11-,15-,17-,18+,19+,20-,21?,22?,23?,24+/m1/s1. The van der Waals surface area contributed by atoms with Crippen molar-refractivity contribution in [2.45, 2.75) is 93.7 Å². The second-order valence-corrected chi connectivity index (χ2v) is 9.95. The lowest BCUT2D eigenvalue weighted by molar-refractivity contribution is -0.449. The number of aliphatic hydroxyl groups is 3. The van der Waals surface area contributed by atoms with Gasteiger partial charge in [0.05, 0.1) is 50.0 Å². The predicted molar refractivity (Wildman–Crippen MR) is 122 cm³/mol. The monoisotopic (exact) mass is 493 g/mol. The van der Waals surface area contributed by atoms with Gasteiger partial charge in [0.25, 0.3) is 0 Å². The average Bonchev–Trinajstić information content (AvgIpc) is 3.28. The molecular formula is C24H35N3O8. The maximum Gasteiger partial charge on any atom is 0.239 e. The number of amides is 1. The van der Waals surface area contributed by atoms with Crippen molar-refractivity contribution in [3.63, 3.8) is 0 Å². The van der Waals surface area contributed by atoms with Gasteiger partial charge in [0.15, 0.2) is 0 Å². The molecule has 10 atom stereocenters. The average molecular weight is 494 g/mol. The van der Waals surface area contributed by atoms with Gasteiger partial charge in [-0.2, -0.15) is 0 Å². The second-order valence-electron chi connectivity index (χ2n) is 9.95. The van der Waals surface area contributed by atoms with E-state index in [0.717, 1.165) is 16.7 Å². The van der Waals surface area contributed by atoms with Gasteiger partial charge >= 0.3 is 0 Å². The van der Waals surface area contributed by atoms with E-state index in [1.165, 1.54) is 0 Å². The van der Waals surface area contributed by atoms with E-state index in [0.29, 0.717) is 19.6 Å². The van der Waals surface area contributed by atoms with Crippen LogP contribution in [0.2, 0.25) is 0 Å². The fraction of sp³-hybridized carbons (Fsp3) is 0.708. The van der Waals surface area contributed by atoms with E-state index in [1.54, 1.807) is 14.1 Å². The Balaban J connectivity index is 1.34. The van der Waals surface area contributed by atoms with Gasteiger partial charge in [-0.25, -0.2) is 0 Å². The Hall–Kier alpha value is -1.67. The fourth-order valence-corrected chi connectivity index (χ4v) is 5.78. The highest BCUT2D eigenvalue weighted by Crippen LogP contribution is 2.42. The zero-order chi connectivity index (χ0) is 24.9. The minimum Gasteiger partial charge on any atom is -0.390 e. The number of ether oxygens (including phenoxy) is 4.